The number of methoxy groups -OCH3 is 1. The lowest BCUT2D eigenvalue weighted by Gasteiger charge is -2.13. The summed E-state index contributed by atoms with van der Waals surface area (Å²) in [5.74, 6) is 0.574. The zero-order chi connectivity index (χ0) is 31.0. The predicted octanol–water partition coefficient (Wildman–Crippen LogP) is 4.55. The molecule has 0 bridgehead atoms. The van der Waals surface area contributed by atoms with Crippen LogP contribution in [0.15, 0.2) is 64.5 Å². The lowest BCUT2D eigenvalue weighted by atomic mass is 9.98. The molecule has 0 radical (unpaired) electrons. The molecule has 230 valence electrons. The van der Waals surface area contributed by atoms with Crippen LogP contribution in [0.5, 0.6) is 0 Å². The number of nitrogens with one attached hydrogen (secondary N) is 2. The minimum Gasteiger partial charge on any atom is -0.388 e. The van der Waals surface area contributed by atoms with Crippen LogP contribution >= 0.6 is 0 Å². The molecule has 2 aromatic heterocycles. The van der Waals surface area contributed by atoms with Gasteiger partial charge in [0.25, 0.3) is 0 Å². The number of halogens is 3. The summed E-state index contributed by atoms with van der Waals surface area (Å²) >= 11 is 0. The Morgan fingerprint density at radius 3 is 2.60 bits per heavy atom. The van der Waals surface area contributed by atoms with E-state index in [4.69, 9.17) is 16.2 Å². The Morgan fingerprint density at radius 2 is 1.91 bits per heavy atom. The highest BCUT2D eigenvalue weighted by molar-refractivity contribution is 5.83. The number of benzene rings is 2. The SMILES string of the molecule is COCC(N)CCCc1cc(-c2cc3cn(-c4ccc(CNCCCN=C(C)N)cc4)c(=O)nc3[nH]2)cc(C(F)(F)F)c1. The molecule has 0 fully saturated rings. The number of hydrogen-bond acceptors (Lipinski definition) is 6. The highest BCUT2D eigenvalue weighted by Crippen LogP contribution is 2.34. The van der Waals surface area contributed by atoms with Crippen molar-refractivity contribution in [1.29, 1.82) is 0 Å². The molecule has 4 aromatic rings. The van der Waals surface area contributed by atoms with Gasteiger partial charge in [0, 0.05) is 43.5 Å². The van der Waals surface area contributed by atoms with Crippen LogP contribution in [0, 0.1) is 0 Å². The van der Waals surface area contributed by atoms with Gasteiger partial charge in [0.15, 0.2) is 0 Å². The second-order valence-corrected chi connectivity index (χ2v) is 10.6. The highest BCUT2D eigenvalue weighted by atomic mass is 19.4. The zero-order valence-corrected chi connectivity index (χ0v) is 24.4. The van der Waals surface area contributed by atoms with Crippen molar-refractivity contribution in [3.63, 3.8) is 0 Å². The number of alkyl halides is 3. The molecule has 6 N–H and O–H groups in total. The van der Waals surface area contributed by atoms with Gasteiger partial charge in [0.2, 0.25) is 0 Å². The molecule has 0 aliphatic heterocycles. The van der Waals surface area contributed by atoms with Crippen LogP contribution in [0.4, 0.5) is 13.2 Å². The molecule has 1 unspecified atom stereocenters. The summed E-state index contributed by atoms with van der Waals surface area (Å²) in [5.41, 5.74) is 13.6. The van der Waals surface area contributed by atoms with E-state index < -0.39 is 17.4 Å². The van der Waals surface area contributed by atoms with Crippen LogP contribution in [0.2, 0.25) is 0 Å². The van der Waals surface area contributed by atoms with E-state index >= 15 is 0 Å². The van der Waals surface area contributed by atoms with Crippen molar-refractivity contribution >= 4 is 16.9 Å². The molecule has 2 heterocycles. The van der Waals surface area contributed by atoms with E-state index in [-0.39, 0.29) is 6.04 Å². The Kier molecular flexibility index (Phi) is 10.7. The Balaban J connectivity index is 1.52. The van der Waals surface area contributed by atoms with Gasteiger partial charge in [-0.2, -0.15) is 18.2 Å². The number of rotatable bonds is 14. The molecular weight excluding hydrogens is 559 g/mol. The van der Waals surface area contributed by atoms with E-state index in [9.17, 15) is 18.0 Å². The molecule has 1 atom stereocenters. The maximum atomic E-state index is 13.8. The Hall–Kier alpha value is -4.00. The maximum absolute atomic E-state index is 13.8. The third-order valence-electron chi connectivity index (χ3n) is 6.98. The van der Waals surface area contributed by atoms with E-state index in [2.05, 4.69) is 20.3 Å². The van der Waals surface area contributed by atoms with Gasteiger partial charge in [0.1, 0.15) is 5.65 Å². The predicted molar refractivity (Wildman–Crippen MR) is 163 cm³/mol. The summed E-state index contributed by atoms with van der Waals surface area (Å²) in [6, 6.07) is 13.1. The molecule has 43 heavy (non-hydrogen) atoms. The molecule has 0 amide bonds. The molecule has 0 spiro atoms. The van der Waals surface area contributed by atoms with Crippen LogP contribution in [0.3, 0.4) is 0 Å². The van der Waals surface area contributed by atoms with Crippen LogP contribution in [0.1, 0.15) is 42.9 Å². The monoisotopic (exact) mass is 597 g/mol. The van der Waals surface area contributed by atoms with Crippen molar-refractivity contribution in [3.05, 3.63) is 81.9 Å². The first-order valence-electron chi connectivity index (χ1n) is 14.2. The van der Waals surface area contributed by atoms with E-state index in [1.54, 1.807) is 32.4 Å². The molecule has 4 rings (SSSR count). The van der Waals surface area contributed by atoms with E-state index in [1.807, 2.05) is 24.3 Å². The third-order valence-corrected chi connectivity index (χ3v) is 6.98. The minimum atomic E-state index is -4.51. The number of hydrogen-bond donors (Lipinski definition) is 4. The molecule has 0 aliphatic carbocycles. The fourth-order valence-electron chi connectivity index (χ4n) is 4.82. The summed E-state index contributed by atoms with van der Waals surface area (Å²) < 4.78 is 47.8. The van der Waals surface area contributed by atoms with E-state index in [0.717, 1.165) is 24.6 Å². The number of fused-ring (bicyclic) bond motifs is 1. The summed E-state index contributed by atoms with van der Waals surface area (Å²) in [6.07, 6.45) is -0.305. The highest BCUT2D eigenvalue weighted by Gasteiger charge is 2.31. The number of aromatic amines is 1. The van der Waals surface area contributed by atoms with Gasteiger partial charge in [-0.15, -0.1) is 0 Å². The first-order valence-corrected chi connectivity index (χ1v) is 14.2. The first-order chi connectivity index (χ1) is 20.5. The second kappa shape index (κ2) is 14.5. The van der Waals surface area contributed by atoms with Gasteiger partial charge in [0.05, 0.1) is 23.7 Å². The number of nitrogens with two attached hydrogens (primary N) is 2. The summed E-state index contributed by atoms with van der Waals surface area (Å²) in [5, 5.41) is 3.95. The quantitative estimate of drug-likeness (QED) is 0.0957. The second-order valence-electron chi connectivity index (χ2n) is 10.6. The van der Waals surface area contributed by atoms with Gasteiger partial charge >= 0.3 is 11.9 Å². The average Bonchev–Trinajstić information content (AvgIpc) is 3.37. The van der Waals surface area contributed by atoms with Crippen molar-refractivity contribution in [3.8, 4) is 16.9 Å². The molecule has 9 nitrogen and oxygen atoms in total. The standard InChI is InChI=1S/C31H38F3N7O2/c1-20(35)38-12-4-11-37-17-21-7-9-27(10-8-21)41-18-24-16-28(39-29(24)40-30(41)42)23-13-22(5-3-6-26(36)19-43-2)14-25(15-23)31(32,33)34/h7-10,13-16,18,26,37H,3-6,11-12,17,19,36H2,1-2H3,(H2,35,38)(H,39,40,42). The van der Waals surface area contributed by atoms with E-state index in [0.29, 0.717) is 78.3 Å². The molecule has 12 heteroatoms. The van der Waals surface area contributed by atoms with Crippen molar-refractivity contribution in [2.24, 2.45) is 16.5 Å². The van der Waals surface area contributed by atoms with Crippen LogP contribution in [-0.4, -0.2) is 53.2 Å². The zero-order valence-electron chi connectivity index (χ0n) is 24.4. The number of nitrogens with zero attached hydrogens (tertiary/aromatic N) is 3. The van der Waals surface area contributed by atoms with Gasteiger partial charge in [-0.1, -0.05) is 12.1 Å². The number of aromatic nitrogens is 3. The first kappa shape index (κ1) is 31.9. The summed E-state index contributed by atoms with van der Waals surface area (Å²) in [7, 11) is 1.56. The number of aryl methyl sites for hydroxylation is 1. The number of ether oxygens (including phenoxy) is 1. The van der Waals surface area contributed by atoms with Crippen molar-refractivity contribution < 1.29 is 17.9 Å². The van der Waals surface area contributed by atoms with E-state index in [1.165, 1.54) is 10.6 Å². The van der Waals surface area contributed by atoms with Crippen molar-refractivity contribution in [2.45, 2.75) is 51.4 Å². The van der Waals surface area contributed by atoms with Gasteiger partial charge < -0.3 is 26.5 Å². The fraction of sp³-hybridized carbons (Fsp3) is 0.387. The van der Waals surface area contributed by atoms with Crippen LogP contribution < -0.4 is 22.5 Å². The molecular formula is C31H38F3N7O2. The van der Waals surface area contributed by atoms with Gasteiger partial charge in [-0.25, -0.2) is 4.79 Å². The topological polar surface area (TPSA) is 136 Å². The third kappa shape index (κ3) is 8.99. The Bertz CT molecular complexity index is 1590. The largest absolute Gasteiger partial charge is 0.416 e. The normalized spacial score (nSPS) is 13.1. The molecule has 0 aliphatic rings. The fourth-order valence-corrected chi connectivity index (χ4v) is 4.82. The van der Waals surface area contributed by atoms with Crippen LogP contribution in [-0.2, 0) is 23.9 Å². The smallest absolute Gasteiger partial charge is 0.388 e. The van der Waals surface area contributed by atoms with Crippen LogP contribution in [0.25, 0.3) is 28.0 Å². The lowest BCUT2D eigenvalue weighted by molar-refractivity contribution is -0.137. The maximum Gasteiger partial charge on any atom is 0.416 e. The molecule has 0 saturated heterocycles. The van der Waals surface area contributed by atoms with Gasteiger partial charge in [-0.05, 0) is 92.2 Å². The number of aliphatic imine (C=N–C) groups is 1. The van der Waals surface area contributed by atoms with Gasteiger partial charge in [-0.3, -0.25) is 9.56 Å². The van der Waals surface area contributed by atoms with Crippen molar-refractivity contribution in [1.82, 2.24) is 19.9 Å². The van der Waals surface area contributed by atoms with Crippen molar-refractivity contribution in [2.75, 3.05) is 26.8 Å². The minimum absolute atomic E-state index is 0.174. The molecule has 2 aromatic carbocycles. The lowest BCUT2D eigenvalue weighted by Crippen LogP contribution is -2.25. The Morgan fingerprint density at radius 1 is 1.14 bits per heavy atom. The average molecular weight is 598 g/mol. The summed E-state index contributed by atoms with van der Waals surface area (Å²) in [6.45, 7) is 4.29. The molecule has 0 saturated carbocycles. The number of amidine groups is 1. The summed E-state index contributed by atoms with van der Waals surface area (Å²) in [4.78, 5) is 24.2. The number of H-pyrrole nitrogens is 1. The Labute approximate surface area is 248 Å².